The molecule has 1 aliphatic heterocycles. The number of hydrogen-bond acceptors (Lipinski definition) is 6. The van der Waals surface area contributed by atoms with E-state index in [-0.39, 0.29) is 18.2 Å². The quantitative estimate of drug-likeness (QED) is 0.552. The van der Waals surface area contributed by atoms with Crippen LogP contribution in [0.3, 0.4) is 0 Å². The first-order valence-electron chi connectivity index (χ1n) is 9.95. The molecule has 0 saturated carbocycles. The maximum absolute atomic E-state index is 11.4. The van der Waals surface area contributed by atoms with Crippen LogP contribution in [0.4, 0.5) is 0 Å². The zero-order valence-corrected chi connectivity index (χ0v) is 16.7. The predicted molar refractivity (Wildman–Crippen MR) is 106 cm³/mol. The van der Waals surface area contributed by atoms with E-state index in [2.05, 4.69) is 10.1 Å². The van der Waals surface area contributed by atoms with E-state index in [1.54, 1.807) is 25.3 Å². The van der Waals surface area contributed by atoms with Crippen molar-refractivity contribution in [2.45, 2.75) is 52.0 Å². The lowest BCUT2D eigenvalue weighted by atomic mass is 10.1. The van der Waals surface area contributed by atoms with Gasteiger partial charge in [0.1, 0.15) is 17.6 Å². The summed E-state index contributed by atoms with van der Waals surface area (Å²) < 4.78 is 19.2. The van der Waals surface area contributed by atoms with Gasteiger partial charge in [0.15, 0.2) is 17.8 Å². The highest BCUT2D eigenvalue weighted by Crippen LogP contribution is 2.25. The van der Waals surface area contributed by atoms with Crippen LogP contribution in [0, 0.1) is 0 Å². The van der Waals surface area contributed by atoms with E-state index >= 15 is 0 Å². The minimum atomic E-state index is -0.182. The van der Waals surface area contributed by atoms with Gasteiger partial charge in [0, 0.05) is 36.2 Å². The van der Waals surface area contributed by atoms with Crippen LogP contribution < -0.4 is 0 Å². The molecule has 0 spiro atoms. The number of ether oxygens (including phenoxy) is 2. The molecule has 7 heteroatoms. The third kappa shape index (κ3) is 4.63. The Kier molecular flexibility index (Phi) is 5.87. The lowest BCUT2D eigenvalue weighted by molar-refractivity contribution is -0.188. The Labute approximate surface area is 169 Å². The Bertz CT molecular complexity index is 955. The van der Waals surface area contributed by atoms with Crippen molar-refractivity contribution >= 4 is 5.78 Å². The first-order valence-corrected chi connectivity index (χ1v) is 9.95. The molecule has 2 aromatic heterocycles. The predicted octanol–water partition coefficient (Wildman–Crippen LogP) is 4.39. The fraction of sp³-hybridized carbons (Fsp3) is 0.409. The summed E-state index contributed by atoms with van der Waals surface area (Å²) in [6, 6.07) is 9.22. The van der Waals surface area contributed by atoms with Crippen molar-refractivity contribution < 1.29 is 18.8 Å². The van der Waals surface area contributed by atoms with Crippen LogP contribution in [0.15, 0.2) is 47.2 Å². The molecule has 152 valence electrons. The van der Waals surface area contributed by atoms with E-state index in [9.17, 15) is 4.79 Å². The maximum atomic E-state index is 11.4. The first-order chi connectivity index (χ1) is 14.1. The van der Waals surface area contributed by atoms with Crippen LogP contribution in [0.25, 0.3) is 11.3 Å². The van der Waals surface area contributed by atoms with Crippen molar-refractivity contribution in [3.05, 3.63) is 59.8 Å². The van der Waals surface area contributed by atoms with Gasteiger partial charge in [-0.2, -0.15) is 0 Å². The van der Waals surface area contributed by atoms with Gasteiger partial charge in [-0.3, -0.25) is 4.79 Å². The molecular formula is C22H25N3O4. The standard InChI is InChI=1S/C22H25N3O4/c1-15(26)17-6-8-18(9-7-17)20-13-19(24-29-20)14-25-11-10-23-22(25)16(2)28-21-5-3-4-12-27-21/h6-11,13,16,21H,3-5,12,14H2,1-2H3/t16-,21?/m0/s1. The van der Waals surface area contributed by atoms with Crippen LogP contribution in [-0.2, 0) is 16.0 Å². The minimum Gasteiger partial charge on any atom is -0.356 e. The highest BCUT2D eigenvalue weighted by Gasteiger charge is 2.21. The van der Waals surface area contributed by atoms with Gasteiger partial charge in [0.05, 0.1) is 6.54 Å². The molecule has 1 aromatic carbocycles. The van der Waals surface area contributed by atoms with Crippen LogP contribution in [0.2, 0.25) is 0 Å². The summed E-state index contributed by atoms with van der Waals surface area (Å²) in [4.78, 5) is 15.9. The van der Waals surface area contributed by atoms with Crippen LogP contribution in [0.1, 0.15) is 61.1 Å². The number of aromatic nitrogens is 3. The second kappa shape index (κ2) is 8.71. The minimum absolute atomic E-state index is 0.0393. The second-order valence-corrected chi connectivity index (χ2v) is 7.30. The summed E-state index contributed by atoms with van der Waals surface area (Å²) in [6.07, 6.45) is 6.46. The zero-order chi connectivity index (χ0) is 20.2. The summed E-state index contributed by atoms with van der Waals surface area (Å²) >= 11 is 0. The molecule has 1 fully saturated rings. The second-order valence-electron chi connectivity index (χ2n) is 7.30. The Morgan fingerprint density at radius 3 is 2.86 bits per heavy atom. The summed E-state index contributed by atoms with van der Waals surface area (Å²) in [7, 11) is 0. The summed E-state index contributed by atoms with van der Waals surface area (Å²) in [6.45, 7) is 4.82. The highest BCUT2D eigenvalue weighted by atomic mass is 16.7. The van der Waals surface area contributed by atoms with E-state index in [4.69, 9.17) is 14.0 Å². The molecule has 3 heterocycles. The van der Waals surface area contributed by atoms with Crippen molar-refractivity contribution in [1.29, 1.82) is 0 Å². The summed E-state index contributed by atoms with van der Waals surface area (Å²) in [5, 5.41) is 4.19. The topological polar surface area (TPSA) is 79.4 Å². The van der Waals surface area contributed by atoms with Crippen molar-refractivity contribution in [2.24, 2.45) is 0 Å². The number of benzene rings is 1. The molecule has 3 aromatic rings. The van der Waals surface area contributed by atoms with Gasteiger partial charge in [-0.1, -0.05) is 29.4 Å². The molecule has 4 rings (SSSR count). The summed E-state index contributed by atoms with van der Waals surface area (Å²) in [5.41, 5.74) is 2.34. The van der Waals surface area contributed by atoms with E-state index in [0.717, 1.165) is 43.0 Å². The number of carbonyl (C=O) groups is 1. The van der Waals surface area contributed by atoms with Gasteiger partial charge in [0.25, 0.3) is 0 Å². The van der Waals surface area contributed by atoms with Crippen molar-refractivity contribution in [2.75, 3.05) is 6.61 Å². The number of rotatable bonds is 7. The molecule has 2 atom stereocenters. The fourth-order valence-corrected chi connectivity index (χ4v) is 3.49. The molecule has 0 N–H and O–H groups in total. The number of hydrogen-bond donors (Lipinski definition) is 0. The molecule has 0 aliphatic carbocycles. The van der Waals surface area contributed by atoms with Crippen LogP contribution in [0.5, 0.6) is 0 Å². The SMILES string of the molecule is CC(=O)c1ccc(-c2cc(Cn3ccnc3[C@H](C)OC3CCCCO3)no2)cc1. The Hall–Kier alpha value is -2.77. The van der Waals surface area contributed by atoms with Crippen molar-refractivity contribution in [3.63, 3.8) is 0 Å². The Morgan fingerprint density at radius 1 is 1.31 bits per heavy atom. The van der Waals surface area contributed by atoms with Crippen molar-refractivity contribution in [1.82, 2.24) is 14.7 Å². The number of ketones is 1. The lowest BCUT2D eigenvalue weighted by Crippen LogP contribution is -2.24. The number of Topliss-reactive ketones (excluding diaryl/α,β-unsaturated/α-hetero) is 1. The molecule has 1 saturated heterocycles. The van der Waals surface area contributed by atoms with E-state index in [1.807, 2.05) is 35.9 Å². The van der Waals surface area contributed by atoms with Crippen molar-refractivity contribution in [3.8, 4) is 11.3 Å². The fourth-order valence-electron chi connectivity index (χ4n) is 3.49. The van der Waals surface area contributed by atoms with Crippen LogP contribution >= 0.6 is 0 Å². The molecule has 0 bridgehead atoms. The van der Waals surface area contributed by atoms with Gasteiger partial charge >= 0.3 is 0 Å². The van der Waals surface area contributed by atoms with Gasteiger partial charge in [-0.15, -0.1) is 0 Å². The van der Waals surface area contributed by atoms with E-state index < -0.39 is 0 Å². The molecule has 1 aliphatic rings. The number of nitrogens with zero attached hydrogens (tertiary/aromatic N) is 3. The van der Waals surface area contributed by atoms with Gasteiger partial charge in [-0.25, -0.2) is 4.98 Å². The zero-order valence-electron chi connectivity index (χ0n) is 16.7. The van der Waals surface area contributed by atoms with Gasteiger partial charge in [0.2, 0.25) is 0 Å². The van der Waals surface area contributed by atoms with E-state index in [0.29, 0.717) is 17.9 Å². The third-order valence-electron chi connectivity index (χ3n) is 5.07. The monoisotopic (exact) mass is 395 g/mol. The normalized spacial score (nSPS) is 17.9. The average Bonchev–Trinajstić information content (AvgIpc) is 3.39. The molecule has 7 nitrogen and oxygen atoms in total. The van der Waals surface area contributed by atoms with Gasteiger partial charge < -0.3 is 18.6 Å². The Balaban J connectivity index is 1.44. The van der Waals surface area contributed by atoms with Gasteiger partial charge in [-0.05, 0) is 33.1 Å². The highest BCUT2D eigenvalue weighted by molar-refractivity contribution is 5.94. The average molecular weight is 395 g/mol. The number of carbonyl (C=O) groups excluding carboxylic acids is 1. The lowest BCUT2D eigenvalue weighted by Gasteiger charge is -2.26. The molecule has 0 amide bonds. The van der Waals surface area contributed by atoms with E-state index in [1.165, 1.54) is 0 Å². The maximum Gasteiger partial charge on any atom is 0.167 e. The molecule has 29 heavy (non-hydrogen) atoms. The molecular weight excluding hydrogens is 370 g/mol. The Morgan fingerprint density at radius 2 is 2.14 bits per heavy atom. The number of imidazole rings is 1. The smallest absolute Gasteiger partial charge is 0.167 e. The summed E-state index contributed by atoms with van der Waals surface area (Å²) in [5.74, 6) is 1.53. The molecule has 1 unspecified atom stereocenters. The first kappa shape index (κ1) is 19.5. The largest absolute Gasteiger partial charge is 0.356 e. The molecule has 0 radical (unpaired) electrons. The third-order valence-corrected chi connectivity index (χ3v) is 5.07. The van der Waals surface area contributed by atoms with Crippen LogP contribution in [-0.4, -0.2) is 33.4 Å².